The Kier molecular flexibility index (Phi) is 2.64. The Morgan fingerprint density at radius 3 is 3.00 bits per heavy atom. The lowest BCUT2D eigenvalue weighted by molar-refractivity contribution is 0.178. The van der Waals surface area contributed by atoms with Crippen molar-refractivity contribution < 1.29 is 4.74 Å². The molecule has 0 spiro atoms. The van der Waals surface area contributed by atoms with Gasteiger partial charge in [0.25, 0.3) is 0 Å². The van der Waals surface area contributed by atoms with E-state index in [0.717, 1.165) is 11.4 Å². The first-order valence-electron chi connectivity index (χ1n) is 4.55. The van der Waals surface area contributed by atoms with Crippen LogP contribution in [-0.4, -0.2) is 22.1 Å². The Morgan fingerprint density at radius 1 is 1.47 bits per heavy atom. The van der Waals surface area contributed by atoms with E-state index in [4.69, 9.17) is 10.5 Å². The van der Waals surface area contributed by atoms with Gasteiger partial charge in [-0.05, 0) is 12.1 Å². The van der Waals surface area contributed by atoms with Crippen molar-refractivity contribution in [3.63, 3.8) is 0 Å². The normalized spacial score (nSPS) is 10.5. The number of H-pyrrole nitrogens is 1. The number of hydrogen-bond donors (Lipinski definition) is 2. The van der Waals surface area contributed by atoms with Crippen molar-refractivity contribution in [3.8, 4) is 11.4 Å². The molecular weight excluding hydrogens is 192 g/mol. The number of methoxy groups -OCH3 is 1. The molecule has 2 aromatic heterocycles. The van der Waals surface area contributed by atoms with Gasteiger partial charge in [0.15, 0.2) is 5.82 Å². The van der Waals surface area contributed by atoms with Gasteiger partial charge >= 0.3 is 0 Å². The highest BCUT2D eigenvalue weighted by Gasteiger charge is 2.04. The molecule has 0 fully saturated rings. The van der Waals surface area contributed by atoms with E-state index in [9.17, 15) is 0 Å². The van der Waals surface area contributed by atoms with Crippen molar-refractivity contribution in [1.29, 1.82) is 0 Å². The topological polar surface area (TPSA) is 76.8 Å². The van der Waals surface area contributed by atoms with Gasteiger partial charge in [0, 0.05) is 19.4 Å². The van der Waals surface area contributed by atoms with Crippen LogP contribution in [0.4, 0.5) is 5.82 Å². The lowest BCUT2D eigenvalue weighted by Crippen LogP contribution is -2.02. The number of nitrogens with zero attached hydrogens (tertiary/aromatic N) is 2. The quantitative estimate of drug-likeness (QED) is 0.787. The Morgan fingerprint density at radius 2 is 2.33 bits per heavy atom. The molecule has 78 valence electrons. The molecule has 0 aromatic carbocycles. The third kappa shape index (κ3) is 2.13. The molecule has 0 radical (unpaired) electrons. The minimum atomic E-state index is 0.360. The zero-order valence-electron chi connectivity index (χ0n) is 8.40. The van der Waals surface area contributed by atoms with Crippen LogP contribution in [0.1, 0.15) is 5.82 Å². The van der Waals surface area contributed by atoms with Gasteiger partial charge in [-0.1, -0.05) is 0 Å². The maximum absolute atomic E-state index is 5.68. The predicted octanol–water partition coefficient (Wildman–Crippen LogP) is 1.20. The summed E-state index contributed by atoms with van der Waals surface area (Å²) in [7, 11) is 1.60. The fourth-order valence-electron chi connectivity index (χ4n) is 1.34. The summed E-state index contributed by atoms with van der Waals surface area (Å²) in [6, 6.07) is 5.56. The van der Waals surface area contributed by atoms with Gasteiger partial charge in [-0.25, -0.2) is 9.97 Å². The van der Waals surface area contributed by atoms with E-state index in [2.05, 4.69) is 15.0 Å². The average molecular weight is 204 g/mol. The summed E-state index contributed by atoms with van der Waals surface area (Å²) < 4.78 is 4.96. The third-order valence-corrected chi connectivity index (χ3v) is 1.94. The minimum absolute atomic E-state index is 0.360. The zero-order chi connectivity index (χ0) is 10.7. The number of aromatic nitrogens is 3. The number of anilines is 1. The van der Waals surface area contributed by atoms with Crippen LogP contribution in [-0.2, 0) is 11.3 Å². The molecule has 0 bridgehead atoms. The van der Waals surface area contributed by atoms with E-state index in [-0.39, 0.29) is 0 Å². The summed E-state index contributed by atoms with van der Waals surface area (Å²) in [5.74, 6) is 1.03. The molecule has 0 aliphatic rings. The average Bonchev–Trinajstić information content (AvgIpc) is 2.70. The summed E-state index contributed by atoms with van der Waals surface area (Å²) in [5, 5.41) is 0. The summed E-state index contributed by atoms with van der Waals surface area (Å²) in [6.45, 7) is 0.360. The highest BCUT2D eigenvalue weighted by molar-refractivity contribution is 5.57. The zero-order valence-corrected chi connectivity index (χ0v) is 8.40. The molecule has 0 aliphatic carbocycles. The molecule has 0 atom stereocenters. The molecular formula is C10H12N4O. The van der Waals surface area contributed by atoms with E-state index < -0.39 is 0 Å². The standard InChI is InChI=1S/C10H12N4O/c1-15-6-10-13-8(5-9(11)14-10)7-3-2-4-12-7/h2-5,12H,6H2,1H3,(H2,11,13,14). The highest BCUT2D eigenvalue weighted by Crippen LogP contribution is 2.16. The second-order valence-electron chi connectivity index (χ2n) is 3.11. The van der Waals surface area contributed by atoms with Crippen molar-refractivity contribution in [2.45, 2.75) is 6.61 Å². The number of ether oxygens (including phenoxy) is 1. The van der Waals surface area contributed by atoms with Gasteiger partial charge in [-0.15, -0.1) is 0 Å². The molecule has 0 amide bonds. The number of aromatic amines is 1. The fourth-order valence-corrected chi connectivity index (χ4v) is 1.34. The molecule has 0 saturated carbocycles. The largest absolute Gasteiger partial charge is 0.384 e. The molecule has 0 saturated heterocycles. The lowest BCUT2D eigenvalue weighted by Gasteiger charge is -2.03. The number of rotatable bonds is 3. The van der Waals surface area contributed by atoms with Crippen LogP contribution < -0.4 is 5.73 Å². The number of hydrogen-bond acceptors (Lipinski definition) is 4. The van der Waals surface area contributed by atoms with Crippen molar-refractivity contribution in [3.05, 3.63) is 30.2 Å². The van der Waals surface area contributed by atoms with Gasteiger partial charge in [-0.3, -0.25) is 0 Å². The first-order valence-corrected chi connectivity index (χ1v) is 4.55. The first-order chi connectivity index (χ1) is 7.29. The molecule has 2 heterocycles. The van der Waals surface area contributed by atoms with E-state index in [0.29, 0.717) is 18.2 Å². The van der Waals surface area contributed by atoms with E-state index >= 15 is 0 Å². The lowest BCUT2D eigenvalue weighted by atomic mass is 10.3. The van der Waals surface area contributed by atoms with Crippen LogP contribution in [0, 0.1) is 0 Å². The predicted molar refractivity (Wildman–Crippen MR) is 56.9 cm³/mol. The van der Waals surface area contributed by atoms with Crippen molar-refractivity contribution in [2.24, 2.45) is 0 Å². The van der Waals surface area contributed by atoms with Gasteiger partial charge in [0.1, 0.15) is 12.4 Å². The molecule has 0 aliphatic heterocycles. The Balaban J connectivity index is 2.40. The van der Waals surface area contributed by atoms with E-state index in [1.54, 1.807) is 13.2 Å². The van der Waals surface area contributed by atoms with Gasteiger partial charge in [0.05, 0.1) is 11.4 Å². The third-order valence-electron chi connectivity index (χ3n) is 1.94. The molecule has 5 nitrogen and oxygen atoms in total. The first kappa shape index (κ1) is 9.67. The maximum atomic E-state index is 5.68. The SMILES string of the molecule is COCc1nc(N)cc(-c2ccc[nH]2)n1. The fraction of sp³-hybridized carbons (Fsp3) is 0.200. The van der Waals surface area contributed by atoms with Crippen LogP contribution >= 0.6 is 0 Å². The van der Waals surface area contributed by atoms with Crippen LogP contribution in [0.2, 0.25) is 0 Å². The Bertz CT molecular complexity index is 439. The van der Waals surface area contributed by atoms with Crippen LogP contribution in [0.5, 0.6) is 0 Å². The number of nitrogens with one attached hydrogen (secondary N) is 1. The summed E-state index contributed by atoms with van der Waals surface area (Å²) in [4.78, 5) is 11.4. The molecule has 15 heavy (non-hydrogen) atoms. The molecule has 2 rings (SSSR count). The van der Waals surface area contributed by atoms with Crippen molar-refractivity contribution in [2.75, 3.05) is 12.8 Å². The second kappa shape index (κ2) is 4.10. The van der Waals surface area contributed by atoms with Crippen molar-refractivity contribution in [1.82, 2.24) is 15.0 Å². The van der Waals surface area contributed by atoms with Gasteiger partial charge in [0.2, 0.25) is 0 Å². The van der Waals surface area contributed by atoms with E-state index in [1.807, 2.05) is 18.3 Å². The van der Waals surface area contributed by atoms with Crippen LogP contribution in [0.25, 0.3) is 11.4 Å². The van der Waals surface area contributed by atoms with Crippen LogP contribution in [0.3, 0.4) is 0 Å². The smallest absolute Gasteiger partial charge is 0.157 e. The summed E-state index contributed by atoms with van der Waals surface area (Å²) in [6.07, 6.45) is 1.84. The van der Waals surface area contributed by atoms with Crippen LogP contribution in [0.15, 0.2) is 24.4 Å². The maximum Gasteiger partial charge on any atom is 0.157 e. The Labute approximate surface area is 87.3 Å². The number of nitrogens with two attached hydrogens (primary N) is 1. The van der Waals surface area contributed by atoms with Crippen molar-refractivity contribution >= 4 is 5.82 Å². The van der Waals surface area contributed by atoms with Gasteiger partial charge < -0.3 is 15.5 Å². The number of nitrogen functional groups attached to an aromatic ring is 1. The highest BCUT2D eigenvalue weighted by atomic mass is 16.5. The van der Waals surface area contributed by atoms with E-state index in [1.165, 1.54) is 0 Å². The Hall–Kier alpha value is -1.88. The van der Waals surface area contributed by atoms with Gasteiger partial charge in [-0.2, -0.15) is 0 Å². The second-order valence-corrected chi connectivity index (χ2v) is 3.11. The molecule has 5 heteroatoms. The molecule has 2 aromatic rings. The minimum Gasteiger partial charge on any atom is -0.384 e. The summed E-state index contributed by atoms with van der Waals surface area (Å²) >= 11 is 0. The monoisotopic (exact) mass is 204 g/mol. The molecule has 0 unspecified atom stereocenters. The molecule has 3 N–H and O–H groups in total. The summed E-state index contributed by atoms with van der Waals surface area (Å²) in [5.41, 5.74) is 7.37.